The molecule has 0 amide bonds. The number of aryl methyl sites for hydroxylation is 1. The van der Waals surface area contributed by atoms with E-state index in [4.69, 9.17) is 0 Å². The molecule has 0 aliphatic heterocycles. The van der Waals surface area contributed by atoms with Crippen LogP contribution in [0.15, 0.2) is 64.4 Å². The van der Waals surface area contributed by atoms with Gasteiger partial charge in [0, 0.05) is 21.3 Å². The summed E-state index contributed by atoms with van der Waals surface area (Å²) in [5.74, 6) is 2.31. The van der Waals surface area contributed by atoms with Crippen LogP contribution in [0, 0.1) is 6.92 Å². The second-order valence-electron chi connectivity index (χ2n) is 3.82. The molecule has 0 saturated carbocycles. The fraction of sp³-hybridized carbons (Fsp3) is 0.200. The highest BCUT2D eigenvalue weighted by Crippen LogP contribution is 2.22. The average Bonchev–Trinajstić information content (AvgIpc) is 2.38. The first kappa shape index (κ1) is 12.6. The van der Waals surface area contributed by atoms with Crippen LogP contribution in [0.3, 0.4) is 0 Å². The Morgan fingerprint density at radius 2 is 1.24 bits per heavy atom. The maximum absolute atomic E-state index is 2.20. The summed E-state index contributed by atoms with van der Waals surface area (Å²) in [6.07, 6.45) is 0. The predicted molar refractivity (Wildman–Crippen MR) is 79.1 cm³/mol. The largest absolute Gasteiger partial charge is 0.125 e. The van der Waals surface area contributed by atoms with Crippen molar-refractivity contribution in [3.05, 3.63) is 60.2 Å². The van der Waals surface area contributed by atoms with E-state index in [9.17, 15) is 0 Å². The van der Waals surface area contributed by atoms with Crippen LogP contribution in [-0.4, -0.2) is 11.5 Å². The van der Waals surface area contributed by atoms with Gasteiger partial charge in [0.25, 0.3) is 0 Å². The molecule has 2 rings (SSSR count). The molecule has 0 N–H and O–H groups in total. The molecule has 0 saturated heterocycles. The standard InChI is InChI=1S/C15H16S2/c1-13-7-9-15(10-8-13)17-12-11-16-14-5-3-2-4-6-14/h2-10H,11-12H2,1H3. The molecular weight excluding hydrogens is 244 g/mol. The molecule has 0 unspecified atom stereocenters. The Kier molecular flexibility index (Phi) is 5.02. The van der Waals surface area contributed by atoms with Gasteiger partial charge < -0.3 is 0 Å². The third-order valence-electron chi connectivity index (χ3n) is 2.38. The van der Waals surface area contributed by atoms with Crippen LogP contribution in [0.25, 0.3) is 0 Å². The minimum Gasteiger partial charge on any atom is -0.125 e. The monoisotopic (exact) mass is 260 g/mol. The summed E-state index contributed by atoms with van der Waals surface area (Å²) >= 11 is 3.85. The van der Waals surface area contributed by atoms with E-state index in [2.05, 4.69) is 61.5 Å². The van der Waals surface area contributed by atoms with Crippen LogP contribution in [0.5, 0.6) is 0 Å². The molecule has 0 aromatic heterocycles. The number of hydrogen-bond acceptors (Lipinski definition) is 2. The van der Waals surface area contributed by atoms with Crippen molar-refractivity contribution in [2.24, 2.45) is 0 Å². The van der Waals surface area contributed by atoms with Crippen LogP contribution in [0.4, 0.5) is 0 Å². The fourth-order valence-electron chi connectivity index (χ4n) is 1.47. The highest BCUT2D eigenvalue weighted by Gasteiger charge is 1.95. The van der Waals surface area contributed by atoms with Gasteiger partial charge in [0.1, 0.15) is 0 Å². The van der Waals surface area contributed by atoms with Gasteiger partial charge in [0.05, 0.1) is 0 Å². The maximum atomic E-state index is 2.20. The van der Waals surface area contributed by atoms with Gasteiger partial charge in [-0.3, -0.25) is 0 Å². The Balaban J connectivity index is 1.71. The third-order valence-corrected chi connectivity index (χ3v) is 4.67. The Labute approximate surface area is 112 Å². The van der Waals surface area contributed by atoms with Crippen molar-refractivity contribution in [1.82, 2.24) is 0 Å². The smallest absolute Gasteiger partial charge is 0.00745 e. The molecule has 17 heavy (non-hydrogen) atoms. The molecule has 2 aromatic carbocycles. The van der Waals surface area contributed by atoms with E-state index < -0.39 is 0 Å². The Bertz CT molecular complexity index is 434. The first-order valence-corrected chi connectivity index (χ1v) is 7.69. The highest BCUT2D eigenvalue weighted by atomic mass is 32.2. The molecule has 0 heterocycles. The summed E-state index contributed by atoms with van der Waals surface area (Å²) in [5.41, 5.74) is 1.33. The molecule has 0 aliphatic carbocycles. The molecule has 88 valence electrons. The first-order valence-electron chi connectivity index (χ1n) is 5.72. The molecule has 0 nitrogen and oxygen atoms in total. The Morgan fingerprint density at radius 3 is 1.82 bits per heavy atom. The Morgan fingerprint density at radius 1 is 0.706 bits per heavy atom. The van der Waals surface area contributed by atoms with Crippen molar-refractivity contribution in [2.75, 3.05) is 11.5 Å². The zero-order chi connectivity index (χ0) is 11.9. The van der Waals surface area contributed by atoms with Crippen molar-refractivity contribution in [2.45, 2.75) is 16.7 Å². The van der Waals surface area contributed by atoms with Gasteiger partial charge in [0.2, 0.25) is 0 Å². The lowest BCUT2D eigenvalue weighted by atomic mass is 10.2. The minimum atomic E-state index is 1.16. The van der Waals surface area contributed by atoms with Crippen molar-refractivity contribution in [3.8, 4) is 0 Å². The summed E-state index contributed by atoms with van der Waals surface area (Å²) in [7, 11) is 0. The van der Waals surface area contributed by atoms with Gasteiger partial charge in [0.15, 0.2) is 0 Å². The molecule has 0 atom stereocenters. The lowest BCUT2D eigenvalue weighted by Gasteiger charge is -2.02. The SMILES string of the molecule is Cc1ccc(SCCSc2ccccc2)cc1. The maximum Gasteiger partial charge on any atom is 0.00745 e. The Hall–Kier alpha value is -0.860. The van der Waals surface area contributed by atoms with Crippen molar-refractivity contribution in [3.63, 3.8) is 0 Å². The average molecular weight is 260 g/mol. The lowest BCUT2D eigenvalue weighted by molar-refractivity contribution is 1.37. The highest BCUT2D eigenvalue weighted by molar-refractivity contribution is 8.03. The molecule has 0 bridgehead atoms. The van der Waals surface area contributed by atoms with Crippen molar-refractivity contribution < 1.29 is 0 Å². The molecule has 2 aromatic rings. The van der Waals surface area contributed by atoms with E-state index in [0.29, 0.717) is 0 Å². The zero-order valence-electron chi connectivity index (χ0n) is 9.93. The minimum absolute atomic E-state index is 1.16. The van der Waals surface area contributed by atoms with Gasteiger partial charge in [-0.05, 0) is 31.2 Å². The number of hydrogen-bond donors (Lipinski definition) is 0. The summed E-state index contributed by atoms with van der Waals surface area (Å²) in [5, 5.41) is 0. The molecule has 0 aliphatic rings. The molecular formula is C15H16S2. The van der Waals surface area contributed by atoms with Crippen molar-refractivity contribution in [1.29, 1.82) is 0 Å². The molecule has 0 radical (unpaired) electrons. The van der Waals surface area contributed by atoms with Crippen LogP contribution < -0.4 is 0 Å². The van der Waals surface area contributed by atoms with Crippen molar-refractivity contribution >= 4 is 23.5 Å². The number of thioether (sulfide) groups is 2. The van der Waals surface area contributed by atoms with E-state index >= 15 is 0 Å². The van der Waals surface area contributed by atoms with E-state index in [-0.39, 0.29) is 0 Å². The number of benzene rings is 2. The predicted octanol–water partition coefficient (Wildman–Crippen LogP) is 4.88. The van der Waals surface area contributed by atoms with Crippen LogP contribution in [-0.2, 0) is 0 Å². The first-order chi connectivity index (χ1) is 8.34. The lowest BCUT2D eigenvalue weighted by Crippen LogP contribution is -1.84. The van der Waals surface area contributed by atoms with Gasteiger partial charge in [-0.15, -0.1) is 23.5 Å². The molecule has 2 heteroatoms. The summed E-state index contributed by atoms with van der Waals surface area (Å²) < 4.78 is 0. The van der Waals surface area contributed by atoms with Crippen LogP contribution in [0.2, 0.25) is 0 Å². The summed E-state index contributed by atoms with van der Waals surface area (Å²) in [4.78, 5) is 2.72. The summed E-state index contributed by atoms with van der Waals surface area (Å²) in [6.45, 7) is 2.12. The van der Waals surface area contributed by atoms with Gasteiger partial charge in [-0.25, -0.2) is 0 Å². The molecule has 0 fully saturated rings. The second-order valence-corrected chi connectivity index (χ2v) is 6.16. The molecule has 0 spiro atoms. The fourth-order valence-corrected chi connectivity index (χ4v) is 3.29. The van der Waals surface area contributed by atoms with Crippen LogP contribution in [0.1, 0.15) is 5.56 Å². The van der Waals surface area contributed by atoms with E-state index in [1.807, 2.05) is 23.5 Å². The van der Waals surface area contributed by atoms with E-state index in [1.54, 1.807) is 0 Å². The van der Waals surface area contributed by atoms with E-state index in [1.165, 1.54) is 15.4 Å². The summed E-state index contributed by atoms with van der Waals surface area (Å²) in [6, 6.07) is 19.3. The van der Waals surface area contributed by atoms with Gasteiger partial charge in [-0.1, -0.05) is 35.9 Å². The third kappa shape index (κ3) is 4.49. The second kappa shape index (κ2) is 6.77. The van der Waals surface area contributed by atoms with Crippen LogP contribution >= 0.6 is 23.5 Å². The van der Waals surface area contributed by atoms with Gasteiger partial charge in [-0.2, -0.15) is 0 Å². The number of rotatable bonds is 5. The van der Waals surface area contributed by atoms with Gasteiger partial charge >= 0.3 is 0 Å². The normalized spacial score (nSPS) is 10.4. The topological polar surface area (TPSA) is 0 Å². The quantitative estimate of drug-likeness (QED) is 0.555. The van der Waals surface area contributed by atoms with E-state index in [0.717, 1.165) is 11.5 Å². The zero-order valence-corrected chi connectivity index (χ0v) is 11.6.